The van der Waals surface area contributed by atoms with E-state index in [-0.39, 0.29) is 24.1 Å². The number of fused-ring (bicyclic) bond motifs is 5. The molecule has 3 fully saturated rings. The highest BCUT2D eigenvalue weighted by atomic mass is 16.6. The Bertz CT molecular complexity index is 1210. The molecule has 2 saturated carbocycles. The monoisotopic (exact) mass is 528 g/mol. The van der Waals surface area contributed by atoms with E-state index in [4.69, 9.17) is 18.6 Å². The fourth-order valence-corrected chi connectivity index (χ4v) is 8.39. The van der Waals surface area contributed by atoms with Gasteiger partial charge in [-0.05, 0) is 48.3 Å². The van der Waals surface area contributed by atoms with Crippen LogP contribution in [-0.2, 0) is 33.4 Å². The molecule has 0 amide bonds. The number of rotatable bonds is 4. The van der Waals surface area contributed by atoms with Crippen LogP contribution in [0.3, 0.4) is 0 Å². The number of aliphatic hydroxyl groups excluding tert-OH is 1. The van der Waals surface area contributed by atoms with Crippen LogP contribution in [0.4, 0.5) is 0 Å². The predicted molar refractivity (Wildman–Crippen MR) is 132 cm³/mol. The summed E-state index contributed by atoms with van der Waals surface area (Å²) in [5.74, 6) is -3.27. The van der Waals surface area contributed by atoms with Gasteiger partial charge >= 0.3 is 17.9 Å². The van der Waals surface area contributed by atoms with Gasteiger partial charge in [-0.15, -0.1) is 0 Å². The van der Waals surface area contributed by atoms with E-state index < -0.39 is 58.3 Å². The number of aliphatic hydroxyl groups is 1. The van der Waals surface area contributed by atoms with E-state index in [9.17, 15) is 24.3 Å². The van der Waals surface area contributed by atoms with Gasteiger partial charge in [-0.2, -0.15) is 0 Å². The standard InChI is InChI=1S/C29H36O9/c1-14(30)37-21(26(34)35-6)22-27(2,3)23(32)16-12-15-17(29(22,5)24(16)33)9-10-28(4)18(15)13-20(31)38-25(28)19-8-7-11-36-19/h7-8,11,16-17,21-23,25,32H,9-10,12-13H2,1-6H3/t16-,17-,21+,22-,23+,25-,28+,29+/m0/s1. The number of cyclic esters (lactones) is 1. The Kier molecular flexibility index (Phi) is 6.17. The van der Waals surface area contributed by atoms with Gasteiger partial charge in [0.25, 0.3) is 0 Å². The SMILES string of the molecule is COC(=O)[C@H](OC(C)=O)[C@H]1C(C)(C)[C@H](O)[C@@H]2CC3=C4CC(=O)O[C@@H](c5ccco5)[C@]4(C)CC[C@@H]3[C@@]1(C)C2=O. The number of ketones is 1. The summed E-state index contributed by atoms with van der Waals surface area (Å²) in [5, 5.41) is 11.6. The number of methoxy groups -OCH3 is 1. The molecular formula is C29H36O9. The van der Waals surface area contributed by atoms with Gasteiger partial charge in [0.15, 0.2) is 6.10 Å². The summed E-state index contributed by atoms with van der Waals surface area (Å²) < 4.78 is 22.1. The summed E-state index contributed by atoms with van der Waals surface area (Å²) in [4.78, 5) is 52.2. The molecule has 8 atom stereocenters. The van der Waals surface area contributed by atoms with Crippen LogP contribution in [0, 0.1) is 34.0 Å². The third-order valence-corrected chi connectivity index (χ3v) is 10.1. The first-order chi connectivity index (χ1) is 17.8. The van der Waals surface area contributed by atoms with Gasteiger partial charge in [0.2, 0.25) is 6.10 Å². The molecule has 0 spiro atoms. The number of ether oxygens (including phenoxy) is 3. The molecule has 1 aliphatic heterocycles. The molecule has 2 bridgehead atoms. The van der Waals surface area contributed by atoms with E-state index in [0.717, 1.165) is 11.1 Å². The van der Waals surface area contributed by atoms with Gasteiger partial charge in [-0.1, -0.05) is 33.3 Å². The largest absolute Gasteiger partial charge is 0.466 e. The van der Waals surface area contributed by atoms with Gasteiger partial charge in [-0.25, -0.2) is 4.79 Å². The predicted octanol–water partition coefficient (Wildman–Crippen LogP) is 3.70. The summed E-state index contributed by atoms with van der Waals surface area (Å²) in [6.07, 6.45) is 0.103. The molecule has 9 nitrogen and oxygen atoms in total. The van der Waals surface area contributed by atoms with Crippen LogP contribution in [0.15, 0.2) is 34.0 Å². The molecule has 2 heterocycles. The quantitative estimate of drug-likeness (QED) is 0.353. The Labute approximate surface area is 221 Å². The van der Waals surface area contributed by atoms with Crippen LogP contribution >= 0.6 is 0 Å². The third kappa shape index (κ3) is 3.53. The summed E-state index contributed by atoms with van der Waals surface area (Å²) in [5.41, 5.74) is -0.768. The van der Waals surface area contributed by atoms with Crippen molar-refractivity contribution in [3.8, 4) is 0 Å². The van der Waals surface area contributed by atoms with E-state index in [0.29, 0.717) is 25.0 Å². The third-order valence-electron chi connectivity index (χ3n) is 10.1. The highest BCUT2D eigenvalue weighted by Crippen LogP contribution is 2.67. The lowest BCUT2D eigenvalue weighted by Crippen LogP contribution is -2.69. The van der Waals surface area contributed by atoms with Crippen molar-refractivity contribution in [1.29, 1.82) is 0 Å². The minimum Gasteiger partial charge on any atom is -0.466 e. The highest BCUT2D eigenvalue weighted by Gasteiger charge is 2.70. The average molecular weight is 529 g/mol. The number of Topliss-reactive ketones (excluding diaryl/α,β-unsaturated/α-hetero) is 1. The maximum Gasteiger partial charge on any atom is 0.347 e. The fourth-order valence-electron chi connectivity index (χ4n) is 8.39. The molecule has 38 heavy (non-hydrogen) atoms. The van der Waals surface area contributed by atoms with Crippen molar-refractivity contribution in [3.63, 3.8) is 0 Å². The van der Waals surface area contributed by atoms with Crippen molar-refractivity contribution < 1.29 is 42.9 Å². The molecule has 4 aliphatic rings. The second kappa shape index (κ2) is 8.79. The summed E-state index contributed by atoms with van der Waals surface area (Å²) in [6, 6.07) is 3.56. The second-order valence-corrected chi connectivity index (χ2v) is 12.3. The molecule has 3 aliphatic carbocycles. The van der Waals surface area contributed by atoms with Crippen molar-refractivity contribution in [3.05, 3.63) is 35.3 Å². The van der Waals surface area contributed by atoms with E-state index >= 15 is 0 Å². The van der Waals surface area contributed by atoms with Crippen LogP contribution in [0.25, 0.3) is 0 Å². The molecule has 1 N–H and O–H groups in total. The van der Waals surface area contributed by atoms with Crippen molar-refractivity contribution >= 4 is 23.7 Å². The van der Waals surface area contributed by atoms with Gasteiger partial charge < -0.3 is 23.7 Å². The van der Waals surface area contributed by atoms with Crippen molar-refractivity contribution in [2.24, 2.45) is 34.0 Å². The normalized spacial score (nSPS) is 38.4. The number of carbonyl (C=O) groups excluding carboxylic acids is 4. The van der Waals surface area contributed by atoms with Crippen molar-refractivity contribution in [2.75, 3.05) is 7.11 Å². The molecule has 1 saturated heterocycles. The Hall–Kier alpha value is -2.94. The van der Waals surface area contributed by atoms with Crippen molar-refractivity contribution in [2.45, 2.75) is 78.6 Å². The summed E-state index contributed by atoms with van der Waals surface area (Å²) in [7, 11) is 1.21. The lowest BCUT2D eigenvalue weighted by molar-refractivity contribution is -0.211. The number of hydrogen-bond acceptors (Lipinski definition) is 9. The van der Waals surface area contributed by atoms with Crippen LogP contribution in [-0.4, -0.2) is 48.1 Å². The first-order valence-electron chi connectivity index (χ1n) is 13.2. The fraction of sp³-hybridized carbons (Fsp3) is 0.655. The van der Waals surface area contributed by atoms with Gasteiger partial charge in [0.05, 0.1) is 25.9 Å². The maximum absolute atomic E-state index is 14.2. The molecule has 0 radical (unpaired) electrons. The second-order valence-electron chi connectivity index (χ2n) is 12.3. The summed E-state index contributed by atoms with van der Waals surface area (Å²) in [6.45, 7) is 8.73. The zero-order valence-corrected chi connectivity index (χ0v) is 22.7. The van der Waals surface area contributed by atoms with Crippen LogP contribution in [0.1, 0.15) is 72.2 Å². The smallest absolute Gasteiger partial charge is 0.347 e. The minimum absolute atomic E-state index is 0.0884. The van der Waals surface area contributed by atoms with E-state index in [2.05, 4.69) is 6.92 Å². The zero-order chi connectivity index (χ0) is 27.8. The lowest BCUT2D eigenvalue weighted by Gasteiger charge is -2.63. The molecule has 206 valence electrons. The summed E-state index contributed by atoms with van der Waals surface area (Å²) >= 11 is 0. The van der Waals surface area contributed by atoms with E-state index in [1.807, 2.05) is 20.8 Å². The first kappa shape index (κ1) is 26.7. The van der Waals surface area contributed by atoms with Crippen LogP contribution in [0.5, 0.6) is 0 Å². The Balaban J connectivity index is 1.70. The van der Waals surface area contributed by atoms with Gasteiger partial charge in [0, 0.05) is 29.6 Å². The zero-order valence-electron chi connectivity index (χ0n) is 22.7. The number of hydrogen-bond donors (Lipinski definition) is 1. The molecular weight excluding hydrogens is 492 g/mol. The Morgan fingerprint density at radius 3 is 2.50 bits per heavy atom. The molecule has 1 aromatic rings. The lowest BCUT2D eigenvalue weighted by atomic mass is 9.40. The van der Waals surface area contributed by atoms with Crippen LogP contribution in [0.2, 0.25) is 0 Å². The highest BCUT2D eigenvalue weighted by molar-refractivity contribution is 5.93. The molecule has 0 aromatic carbocycles. The number of carbonyl (C=O) groups is 4. The topological polar surface area (TPSA) is 129 Å². The maximum atomic E-state index is 14.2. The van der Waals surface area contributed by atoms with E-state index in [1.54, 1.807) is 18.4 Å². The first-order valence-corrected chi connectivity index (χ1v) is 13.2. The van der Waals surface area contributed by atoms with Crippen LogP contribution < -0.4 is 0 Å². The van der Waals surface area contributed by atoms with Crippen molar-refractivity contribution in [1.82, 2.24) is 0 Å². The Morgan fingerprint density at radius 1 is 1.18 bits per heavy atom. The molecule has 0 unspecified atom stereocenters. The molecule has 9 heteroatoms. The average Bonchev–Trinajstić information content (AvgIpc) is 3.38. The Morgan fingerprint density at radius 2 is 1.89 bits per heavy atom. The van der Waals surface area contributed by atoms with Gasteiger partial charge in [-0.3, -0.25) is 14.4 Å². The number of furan rings is 1. The molecule has 5 rings (SSSR count). The number of allylic oxidation sites excluding steroid dienone is 1. The molecule has 1 aromatic heterocycles. The van der Waals surface area contributed by atoms with E-state index in [1.165, 1.54) is 14.0 Å². The number of esters is 3. The minimum atomic E-state index is -1.37. The van der Waals surface area contributed by atoms with Gasteiger partial charge in [0.1, 0.15) is 11.5 Å².